The number of nitrogens with one attached hydrogen (secondary N) is 1. The zero-order valence-corrected chi connectivity index (χ0v) is 12.8. The quantitative estimate of drug-likeness (QED) is 0.801. The standard InChI is InChI=1S/C16H30N2O/c1-4-8-14-16(19)18(11-12(3)5-2)15(17-14)13-9-6-7-10-13/h12-15,17H,4-11H2,1-3H3. The number of rotatable bonds is 6. The van der Waals surface area contributed by atoms with Crippen molar-refractivity contribution in [1.82, 2.24) is 10.2 Å². The van der Waals surface area contributed by atoms with Gasteiger partial charge in [0, 0.05) is 6.54 Å². The third-order valence-corrected chi connectivity index (χ3v) is 4.92. The van der Waals surface area contributed by atoms with Crippen LogP contribution in [0, 0.1) is 11.8 Å². The average molecular weight is 266 g/mol. The second kappa shape index (κ2) is 6.74. The molecule has 1 N–H and O–H groups in total. The Labute approximate surface area is 118 Å². The van der Waals surface area contributed by atoms with Crippen molar-refractivity contribution in [2.45, 2.75) is 77.9 Å². The third-order valence-electron chi connectivity index (χ3n) is 4.92. The number of amides is 1. The Kier molecular flexibility index (Phi) is 5.26. The summed E-state index contributed by atoms with van der Waals surface area (Å²) in [6.07, 6.45) is 8.80. The van der Waals surface area contributed by atoms with Crippen LogP contribution in [0.3, 0.4) is 0 Å². The first-order valence-electron chi connectivity index (χ1n) is 8.23. The van der Waals surface area contributed by atoms with Gasteiger partial charge in [0.1, 0.15) is 0 Å². The Morgan fingerprint density at radius 2 is 2.00 bits per heavy atom. The maximum atomic E-state index is 12.6. The van der Waals surface area contributed by atoms with Gasteiger partial charge < -0.3 is 4.90 Å². The van der Waals surface area contributed by atoms with Crippen LogP contribution in [-0.2, 0) is 4.79 Å². The summed E-state index contributed by atoms with van der Waals surface area (Å²) in [7, 11) is 0. The minimum absolute atomic E-state index is 0.0830. The van der Waals surface area contributed by atoms with Crippen LogP contribution >= 0.6 is 0 Å². The largest absolute Gasteiger partial charge is 0.325 e. The number of carbonyl (C=O) groups is 1. The summed E-state index contributed by atoms with van der Waals surface area (Å²) in [5.41, 5.74) is 0. The smallest absolute Gasteiger partial charge is 0.241 e. The van der Waals surface area contributed by atoms with E-state index in [1.54, 1.807) is 0 Å². The molecule has 3 unspecified atom stereocenters. The van der Waals surface area contributed by atoms with Crippen LogP contribution in [0.1, 0.15) is 65.7 Å². The molecule has 2 fully saturated rings. The van der Waals surface area contributed by atoms with Crippen LogP contribution in [0.5, 0.6) is 0 Å². The molecule has 1 aliphatic carbocycles. The predicted molar refractivity (Wildman–Crippen MR) is 78.7 cm³/mol. The van der Waals surface area contributed by atoms with Gasteiger partial charge in [0.05, 0.1) is 12.2 Å². The van der Waals surface area contributed by atoms with E-state index in [1.807, 2.05) is 0 Å². The van der Waals surface area contributed by atoms with Crippen LogP contribution < -0.4 is 5.32 Å². The van der Waals surface area contributed by atoms with E-state index in [2.05, 4.69) is 31.0 Å². The molecule has 1 heterocycles. The molecule has 0 spiro atoms. The lowest BCUT2D eigenvalue weighted by atomic mass is 10.0. The lowest BCUT2D eigenvalue weighted by molar-refractivity contribution is -0.131. The SMILES string of the molecule is CCCC1NC(C2CCCC2)N(CC(C)CC)C1=O. The number of carbonyl (C=O) groups excluding carboxylic acids is 1. The molecule has 3 nitrogen and oxygen atoms in total. The normalized spacial score (nSPS) is 30.3. The van der Waals surface area contributed by atoms with Crippen molar-refractivity contribution in [1.29, 1.82) is 0 Å². The number of hydrogen-bond donors (Lipinski definition) is 1. The molecule has 1 aliphatic heterocycles. The van der Waals surface area contributed by atoms with Crippen molar-refractivity contribution in [2.24, 2.45) is 11.8 Å². The molecule has 0 bridgehead atoms. The lowest BCUT2D eigenvalue weighted by Crippen LogP contribution is -2.44. The molecule has 3 heteroatoms. The molecule has 0 aromatic carbocycles. The average Bonchev–Trinajstić information content (AvgIpc) is 3.02. The highest BCUT2D eigenvalue weighted by Crippen LogP contribution is 2.33. The minimum atomic E-state index is 0.0830. The zero-order chi connectivity index (χ0) is 13.8. The van der Waals surface area contributed by atoms with E-state index >= 15 is 0 Å². The first-order valence-corrected chi connectivity index (χ1v) is 8.23. The molecule has 19 heavy (non-hydrogen) atoms. The first kappa shape index (κ1) is 14.8. The van der Waals surface area contributed by atoms with E-state index in [-0.39, 0.29) is 6.04 Å². The van der Waals surface area contributed by atoms with E-state index < -0.39 is 0 Å². The molecular weight excluding hydrogens is 236 g/mol. The van der Waals surface area contributed by atoms with Gasteiger partial charge in [0.15, 0.2) is 0 Å². The van der Waals surface area contributed by atoms with Crippen molar-refractivity contribution in [3.63, 3.8) is 0 Å². The molecule has 0 aromatic heterocycles. The van der Waals surface area contributed by atoms with Gasteiger partial charge in [-0.05, 0) is 31.1 Å². The molecule has 1 amide bonds. The summed E-state index contributed by atoms with van der Waals surface area (Å²) < 4.78 is 0. The fourth-order valence-corrected chi connectivity index (χ4v) is 3.53. The van der Waals surface area contributed by atoms with Crippen LogP contribution in [0.25, 0.3) is 0 Å². The summed E-state index contributed by atoms with van der Waals surface area (Å²) in [5, 5.41) is 3.64. The Morgan fingerprint density at radius 3 is 2.58 bits per heavy atom. The van der Waals surface area contributed by atoms with Crippen molar-refractivity contribution < 1.29 is 4.79 Å². The predicted octanol–water partition coefficient (Wildman–Crippen LogP) is 3.15. The molecule has 0 aromatic rings. The van der Waals surface area contributed by atoms with Crippen molar-refractivity contribution in [2.75, 3.05) is 6.54 Å². The van der Waals surface area contributed by atoms with Crippen molar-refractivity contribution >= 4 is 5.91 Å². The van der Waals surface area contributed by atoms with Crippen LogP contribution in [-0.4, -0.2) is 29.6 Å². The fraction of sp³-hybridized carbons (Fsp3) is 0.938. The maximum absolute atomic E-state index is 12.6. The van der Waals surface area contributed by atoms with Gasteiger partial charge in [-0.15, -0.1) is 0 Å². The van der Waals surface area contributed by atoms with Gasteiger partial charge in [0.2, 0.25) is 5.91 Å². The van der Waals surface area contributed by atoms with E-state index in [0.717, 1.165) is 25.8 Å². The summed E-state index contributed by atoms with van der Waals surface area (Å²) in [4.78, 5) is 14.7. The first-order chi connectivity index (χ1) is 9.17. The van der Waals surface area contributed by atoms with Crippen molar-refractivity contribution in [3.05, 3.63) is 0 Å². The van der Waals surface area contributed by atoms with Gasteiger partial charge in [0.25, 0.3) is 0 Å². The summed E-state index contributed by atoms with van der Waals surface area (Å²) in [5.74, 6) is 1.66. The molecule has 0 radical (unpaired) electrons. The third kappa shape index (κ3) is 3.31. The lowest BCUT2D eigenvalue weighted by Gasteiger charge is -2.30. The fourth-order valence-electron chi connectivity index (χ4n) is 3.53. The topological polar surface area (TPSA) is 32.3 Å². The second-order valence-electron chi connectivity index (χ2n) is 6.50. The van der Waals surface area contributed by atoms with Crippen molar-refractivity contribution in [3.8, 4) is 0 Å². The van der Waals surface area contributed by atoms with Gasteiger partial charge in [-0.1, -0.05) is 46.5 Å². The van der Waals surface area contributed by atoms with E-state index in [0.29, 0.717) is 23.9 Å². The highest BCUT2D eigenvalue weighted by Gasteiger charge is 2.42. The number of nitrogens with zero attached hydrogens (tertiary/aromatic N) is 1. The highest BCUT2D eigenvalue weighted by atomic mass is 16.2. The van der Waals surface area contributed by atoms with Crippen LogP contribution in [0.4, 0.5) is 0 Å². The molecule has 1 saturated carbocycles. The van der Waals surface area contributed by atoms with Gasteiger partial charge in [-0.25, -0.2) is 0 Å². The molecule has 110 valence electrons. The van der Waals surface area contributed by atoms with E-state index in [1.165, 1.54) is 25.7 Å². The van der Waals surface area contributed by atoms with Crippen LogP contribution in [0.2, 0.25) is 0 Å². The summed E-state index contributed by atoms with van der Waals surface area (Å²) in [6, 6.07) is 0.0830. The molecular formula is C16H30N2O. The molecule has 2 rings (SSSR count). The Hall–Kier alpha value is -0.570. The van der Waals surface area contributed by atoms with Gasteiger partial charge in [-0.2, -0.15) is 0 Å². The van der Waals surface area contributed by atoms with E-state index in [4.69, 9.17) is 0 Å². The van der Waals surface area contributed by atoms with E-state index in [9.17, 15) is 4.79 Å². The maximum Gasteiger partial charge on any atom is 0.241 e. The van der Waals surface area contributed by atoms with Gasteiger partial charge in [-0.3, -0.25) is 10.1 Å². The minimum Gasteiger partial charge on any atom is -0.325 e. The highest BCUT2D eigenvalue weighted by molar-refractivity contribution is 5.84. The molecule has 3 atom stereocenters. The Balaban J connectivity index is 2.06. The summed E-state index contributed by atoms with van der Waals surface area (Å²) >= 11 is 0. The van der Waals surface area contributed by atoms with Crippen LogP contribution in [0.15, 0.2) is 0 Å². The van der Waals surface area contributed by atoms with Gasteiger partial charge >= 0.3 is 0 Å². The zero-order valence-electron chi connectivity index (χ0n) is 12.8. The number of hydrogen-bond acceptors (Lipinski definition) is 2. The Morgan fingerprint density at radius 1 is 1.32 bits per heavy atom. The second-order valence-corrected chi connectivity index (χ2v) is 6.50. The monoisotopic (exact) mass is 266 g/mol. The summed E-state index contributed by atoms with van der Waals surface area (Å²) in [6.45, 7) is 7.57. The molecule has 2 aliphatic rings. The Bertz CT molecular complexity index is 299. The molecule has 1 saturated heterocycles.